The molecule has 0 nitrogen and oxygen atoms in total. The van der Waals surface area contributed by atoms with E-state index in [2.05, 4.69) is 0 Å². The van der Waals surface area contributed by atoms with Crippen LogP contribution in [0.15, 0.2) is 18.2 Å². The Morgan fingerprint density at radius 1 is 1.10 bits per heavy atom. The predicted molar refractivity (Wildman–Crippen MR) is 35.5 cm³/mol. The van der Waals surface area contributed by atoms with Gasteiger partial charge in [-0.25, -0.2) is 8.78 Å². The maximum absolute atomic E-state index is 11.9. The van der Waals surface area contributed by atoms with E-state index in [9.17, 15) is 8.78 Å². The average Bonchev–Trinajstić information content (AvgIpc) is 1.64. The smallest absolute Gasteiger partial charge is 0.0136 e. The summed E-state index contributed by atoms with van der Waals surface area (Å²) in [7, 11) is 0. The third kappa shape index (κ3) is 4.07. The zero-order valence-electron chi connectivity index (χ0n) is 5.10. The fraction of sp³-hybridized carbons (Fsp3) is 0. The summed E-state index contributed by atoms with van der Waals surface area (Å²) in [5.41, 5.74) is 0. The molecule has 10 heavy (non-hydrogen) atoms. The van der Waals surface area contributed by atoms with Crippen LogP contribution in [-0.2, 0) is 19.5 Å². The third-order valence-corrected chi connectivity index (χ3v) is 0.724. The molecule has 0 aromatic heterocycles. The minimum absolute atomic E-state index is 0. The van der Waals surface area contributed by atoms with Gasteiger partial charge in [0.1, 0.15) is 0 Å². The second-order valence-electron chi connectivity index (χ2n) is 1.35. The van der Waals surface area contributed by atoms with Crippen molar-refractivity contribution in [3.8, 4) is 0 Å². The van der Waals surface area contributed by atoms with Crippen molar-refractivity contribution in [2.45, 2.75) is 0 Å². The molecule has 0 saturated heterocycles. The Bertz CT molecular complexity index is 176. The van der Waals surface area contributed by atoms with Crippen molar-refractivity contribution in [3.05, 3.63) is 35.9 Å². The minimum atomic E-state index is -0.662. The molecule has 0 bridgehead atoms. The molecule has 0 spiro atoms. The Kier molecular flexibility index (Phi) is 7.61. The second-order valence-corrected chi connectivity index (χ2v) is 1.35. The van der Waals surface area contributed by atoms with Crippen molar-refractivity contribution < 1.29 is 28.3 Å². The Labute approximate surface area is 81.2 Å². The summed E-state index contributed by atoms with van der Waals surface area (Å²) in [6.45, 7) is 0. The van der Waals surface area contributed by atoms with Crippen LogP contribution in [0.3, 0.4) is 0 Å². The molecule has 52 valence electrons. The van der Waals surface area contributed by atoms with E-state index in [0.29, 0.717) is 0 Å². The van der Waals surface area contributed by atoms with E-state index in [1.807, 2.05) is 6.07 Å². The van der Waals surface area contributed by atoms with Gasteiger partial charge in [0.2, 0.25) is 0 Å². The van der Waals surface area contributed by atoms with Gasteiger partial charge in [-0.3, -0.25) is 0 Å². The van der Waals surface area contributed by atoms with Gasteiger partial charge in [-0.2, -0.15) is 6.07 Å². The SMILES string of the molecule is Br.Fc1[c-]c(F)ccc1.[Zn]. The molecule has 1 rings (SSSR count). The Balaban J connectivity index is 0. The Hall–Kier alpha value is 0.183. The number of benzene rings is 1. The van der Waals surface area contributed by atoms with Gasteiger partial charge in [0.25, 0.3) is 0 Å². The molecule has 1 aromatic carbocycles. The largest absolute Gasteiger partial charge is 0.236 e. The topological polar surface area (TPSA) is 0 Å². The van der Waals surface area contributed by atoms with E-state index >= 15 is 0 Å². The minimum Gasteiger partial charge on any atom is -0.236 e. The number of rotatable bonds is 0. The monoisotopic (exact) mass is 257 g/mol. The van der Waals surface area contributed by atoms with Crippen LogP contribution in [0.1, 0.15) is 0 Å². The van der Waals surface area contributed by atoms with Gasteiger partial charge in [0, 0.05) is 31.1 Å². The van der Waals surface area contributed by atoms with Crippen molar-refractivity contribution in [2.75, 3.05) is 0 Å². The van der Waals surface area contributed by atoms with Crippen molar-refractivity contribution in [1.82, 2.24) is 0 Å². The van der Waals surface area contributed by atoms with Crippen molar-refractivity contribution in [2.24, 2.45) is 0 Å². The van der Waals surface area contributed by atoms with Crippen molar-refractivity contribution in [3.63, 3.8) is 0 Å². The summed E-state index contributed by atoms with van der Waals surface area (Å²) in [4.78, 5) is 0. The predicted octanol–water partition coefficient (Wildman–Crippen LogP) is 2.34. The molecule has 0 heterocycles. The van der Waals surface area contributed by atoms with Crippen molar-refractivity contribution >= 4 is 17.0 Å². The van der Waals surface area contributed by atoms with Gasteiger partial charge < -0.3 is 0 Å². The van der Waals surface area contributed by atoms with Gasteiger partial charge in [0.15, 0.2) is 0 Å². The standard InChI is InChI=1S/C6H3F2.BrH.Zn/c7-5-2-1-3-6(8)4-5;;/h1-3H;1H;/q-1;;. The molecule has 0 aliphatic heterocycles. The van der Waals surface area contributed by atoms with E-state index in [1.54, 1.807) is 0 Å². The first-order chi connectivity index (χ1) is 3.79. The van der Waals surface area contributed by atoms with E-state index in [4.69, 9.17) is 0 Å². The number of halogens is 3. The van der Waals surface area contributed by atoms with Crippen LogP contribution < -0.4 is 0 Å². The molecule has 0 N–H and O–H groups in total. The molecule has 0 aliphatic carbocycles. The summed E-state index contributed by atoms with van der Waals surface area (Å²) in [6, 6.07) is 5.41. The Morgan fingerprint density at radius 2 is 1.50 bits per heavy atom. The summed E-state index contributed by atoms with van der Waals surface area (Å²) in [6.07, 6.45) is 0. The summed E-state index contributed by atoms with van der Waals surface area (Å²) >= 11 is 0. The molecule has 1 aromatic rings. The van der Waals surface area contributed by atoms with Gasteiger partial charge in [-0.1, -0.05) is 0 Å². The molecule has 0 atom stereocenters. The van der Waals surface area contributed by atoms with E-state index in [1.165, 1.54) is 6.07 Å². The van der Waals surface area contributed by atoms with Crippen LogP contribution >= 0.6 is 17.0 Å². The third-order valence-electron chi connectivity index (χ3n) is 0.724. The van der Waals surface area contributed by atoms with Crippen LogP contribution in [0.2, 0.25) is 0 Å². The number of hydrogen-bond acceptors (Lipinski definition) is 0. The van der Waals surface area contributed by atoms with Gasteiger partial charge in [-0.05, 0) is 0 Å². The fourth-order valence-corrected chi connectivity index (χ4v) is 0.414. The van der Waals surface area contributed by atoms with E-state index < -0.39 is 11.6 Å². The van der Waals surface area contributed by atoms with Gasteiger partial charge >= 0.3 is 0 Å². The molecule has 4 heteroatoms. The first-order valence-corrected chi connectivity index (χ1v) is 2.12. The fourth-order valence-electron chi connectivity index (χ4n) is 0.414. The molecule has 0 fully saturated rings. The van der Waals surface area contributed by atoms with Crippen LogP contribution in [0.5, 0.6) is 0 Å². The van der Waals surface area contributed by atoms with Crippen LogP contribution in [0, 0.1) is 17.7 Å². The number of hydrogen-bond donors (Lipinski definition) is 0. The molecule has 0 aliphatic rings. The second kappa shape index (κ2) is 5.93. The van der Waals surface area contributed by atoms with E-state index in [0.717, 1.165) is 12.1 Å². The van der Waals surface area contributed by atoms with Crippen LogP contribution in [0.4, 0.5) is 8.78 Å². The molecule has 0 unspecified atom stereocenters. The summed E-state index contributed by atoms with van der Waals surface area (Å²) in [5, 5.41) is 0. The maximum Gasteiger partial charge on any atom is 0.0136 e. The van der Waals surface area contributed by atoms with Crippen LogP contribution in [-0.4, -0.2) is 0 Å². The zero-order valence-corrected chi connectivity index (χ0v) is 9.78. The van der Waals surface area contributed by atoms with Gasteiger partial charge in [-0.15, -0.1) is 35.2 Å². The summed E-state index contributed by atoms with van der Waals surface area (Å²) < 4.78 is 23.7. The van der Waals surface area contributed by atoms with E-state index in [-0.39, 0.29) is 36.5 Å². The first-order valence-electron chi connectivity index (χ1n) is 2.12. The first kappa shape index (κ1) is 12.8. The maximum atomic E-state index is 11.9. The molecule has 0 radical (unpaired) electrons. The Morgan fingerprint density at radius 3 is 1.70 bits per heavy atom. The molecule has 0 amide bonds. The molecule has 0 saturated carbocycles. The summed E-state index contributed by atoms with van der Waals surface area (Å²) in [5.74, 6) is -1.32. The molecular weight excluding hydrogens is 255 g/mol. The van der Waals surface area contributed by atoms with Crippen LogP contribution in [0.25, 0.3) is 0 Å². The molecular formula is C6H4BrF2Zn-. The quantitative estimate of drug-likeness (QED) is 0.495. The van der Waals surface area contributed by atoms with Gasteiger partial charge in [0.05, 0.1) is 0 Å². The normalized spacial score (nSPS) is 7.40. The average molecular weight is 259 g/mol. The van der Waals surface area contributed by atoms with Crippen molar-refractivity contribution in [1.29, 1.82) is 0 Å². The zero-order chi connectivity index (χ0) is 5.98.